The monoisotopic (exact) mass is 202 g/mol. The number of alkyl halides is 1. The second kappa shape index (κ2) is 6.36. The summed E-state index contributed by atoms with van der Waals surface area (Å²) in [5.74, 6) is 1.37. The van der Waals surface area contributed by atoms with E-state index in [1.165, 1.54) is 0 Å². The van der Waals surface area contributed by atoms with Gasteiger partial charge in [-0.3, -0.25) is 4.39 Å². The summed E-state index contributed by atoms with van der Waals surface area (Å²) in [5, 5.41) is 3.46. The van der Waals surface area contributed by atoms with Crippen LogP contribution in [0.15, 0.2) is 0 Å². The van der Waals surface area contributed by atoms with Crippen LogP contribution >= 0.6 is 0 Å². The molecule has 0 bridgehead atoms. The van der Waals surface area contributed by atoms with Gasteiger partial charge < -0.3 is 10.2 Å². The maximum absolute atomic E-state index is 12.1. The summed E-state index contributed by atoms with van der Waals surface area (Å²) in [7, 11) is 0. The van der Waals surface area contributed by atoms with Crippen molar-refractivity contribution in [2.45, 2.75) is 20.3 Å². The smallest absolute Gasteiger partial charge is 0.0906 e. The molecule has 0 amide bonds. The van der Waals surface area contributed by atoms with E-state index < -0.39 is 0 Å². The predicted molar refractivity (Wildman–Crippen MR) is 58.2 cm³/mol. The van der Waals surface area contributed by atoms with Gasteiger partial charge in [-0.1, -0.05) is 13.8 Å². The molecule has 0 aromatic heterocycles. The molecule has 1 fully saturated rings. The molecule has 1 rings (SSSR count). The Balaban J connectivity index is 2.35. The molecule has 1 aliphatic rings. The van der Waals surface area contributed by atoms with Crippen molar-refractivity contribution in [3.8, 4) is 0 Å². The van der Waals surface area contributed by atoms with Gasteiger partial charge in [0.15, 0.2) is 0 Å². The first-order valence-electron chi connectivity index (χ1n) is 5.71. The zero-order valence-corrected chi connectivity index (χ0v) is 9.43. The van der Waals surface area contributed by atoms with Crippen LogP contribution in [-0.4, -0.2) is 44.3 Å². The lowest BCUT2D eigenvalue weighted by Gasteiger charge is -2.31. The van der Waals surface area contributed by atoms with Gasteiger partial charge in [0, 0.05) is 19.6 Å². The molecule has 2 atom stereocenters. The highest BCUT2D eigenvalue weighted by atomic mass is 19.1. The molecule has 3 heteroatoms. The fourth-order valence-corrected chi connectivity index (χ4v) is 2.13. The van der Waals surface area contributed by atoms with Gasteiger partial charge >= 0.3 is 0 Å². The molecule has 2 nitrogen and oxygen atoms in total. The van der Waals surface area contributed by atoms with Crippen LogP contribution in [0.3, 0.4) is 0 Å². The molecular weight excluding hydrogens is 179 g/mol. The van der Waals surface area contributed by atoms with Crippen LogP contribution in [0.25, 0.3) is 0 Å². The van der Waals surface area contributed by atoms with E-state index in [0.717, 1.165) is 32.7 Å². The number of hydrogen-bond acceptors (Lipinski definition) is 2. The Hall–Kier alpha value is -0.150. The van der Waals surface area contributed by atoms with Crippen molar-refractivity contribution in [3.63, 3.8) is 0 Å². The normalized spacial score (nSPS) is 31.1. The van der Waals surface area contributed by atoms with Crippen molar-refractivity contribution in [2.75, 3.05) is 39.4 Å². The summed E-state index contributed by atoms with van der Waals surface area (Å²) in [4.78, 5) is 2.41. The summed E-state index contributed by atoms with van der Waals surface area (Å²) in [6.07, 6.45) is 0.687. The molecule has 84 valence electrons. The minimum Gasteiger partial charge on any atom is -0.316 e. The zero-order chi connectivity index (χ0) is 10.4. The first-order valence-corrected chi connectivity index (χ1v) is 5.71. The first kappa shape index (κ1) is 11.9. The molecule has 0 aliphatic carbocycles. The number of hydrogen-bond donors (Lipinski definition) is 1. The quantitative estimate of drug-likeness (QED) is 0.746. The molecule has 1 aliphatic heterocycles. The summed E-state index contributed by atoms with van der Waals surface area (Å²) in [5.41, 5.74) is 0. The lowest BCUT2D eigenvalue weighted by atomic mass is 10.1. The third-order valence-corrected chi connectivity index (χ3v) is 2.73. The van der Waals surface area contributed by atoms with Crippen LogP contribution in [0.4, 0.5) is 4.39 Å². The summed E-state index contributed by atoms with van der Waals surface area (Å²) < 4.78 is 12.1. The van der Waals surface area contributed by atoms with Gasteiger partial charge in [-0.2, -0.15) is 0 Å². The van der Waals surface area contributed by atoms with E-state index in [4.69, 9.17) is 0 Å². The molecule has 0 aromatic rings. The maximum Gasteiger partial charge on any atom is 0.0906 e. The summed E-state index contributed by atoms with van der Waals surface area (Å²) in [6, 6.07) is 0. The summed E-state index contributed by atoms with van der Waals surface area (Å²) in [6.45, 7) is 9.65. The van der Waals surface area contributed by atoms with Crippen molar-refractivity contribution in [1.82, 2.24) is 10.2 Å². The lowest BCUT2D eigenvalue weighted by Crippen LogP contribution is -2.43. The Labute approximate surface area is 86.9 Å². The topological polar surface area (TPSA) is 15.3 Å². The second-order valence-electron chi connectivity index (χ2n) is 4.67. The van der Waals surface area contributed by atoms with Crippen molar-refractivity contribution in [3.05, 3.63) is 0 Å². The van der Waals surface area contributed by atoms with E-state index in [9.17, 15) is 4.39 Å². The Morgan fingerprint density at radius 3 is 2.29 bits per heavy atom. The van der Waals surface area contributed by atoms with Gasteiger partial charge in [0.05, 0.1) is 6.67 Å². The average molecular weight is 202 g/mol. The minimum absolute atomic E-state index is 0.183. The molecule has 0 radical (unpaired) electrons. The van der Waals surface area contributed by atoms with Crippen molar-refractivity contribution < 1.29 is 4.39 Å². The largest absolute Gasteiger partial charge is 0.316 e. The molecule has 0 spiro atoms. The molecule has 1 N–H and O–H groups in total. The van der Waals surface area contributed by atoms with Crippen LogP contribution in [-0.2, 0) is 0 Å². The van der Waals surface area contributed by atoms with Crippen molar-refractivity contribution in [1.29, 1.82) is 0 Å². The van der Waals surface area contributed by atoms with Gasteiger partial charge in [0.25, 0.3) is 0 Å². The van der Waals surface area contributed by atoms with E-state index in [1.807, 2.05) is 0 Å². The molecule has 14 heavy (non-hydrogen) atoms. The minimum atomic E-state index is -0.183. The molecular formula is C11H23FN2. The van der Waals surface area contributed by atoms with Crippen LogP contribution in [0.5, 0.6) is 0 Å². The predicted octanol–water partition coefficient (Wildman–Crippen LogP) is 1.52. The number of rotatable bonds is 3. The number of nitrogens with zero attached hydrogens (tertiary/aromatic N) is 1. The van der Waals surface area contributed by atoms with Gasteiger partial charge in [-0.05, 0) is 31.3 Å². The zero-order valence-electron chi connectivity index (χ0n) is 9.43. The van der Waals surface area contributed by atoms with Crippen LogP contribution in [0.1, 0.15) is 20.3 Å². The van der Waals surface area contributed by atoms with E-state index in [2.05, 4.69) is 24.1 Å². The van der Waals surface area contributed by atoms with E-state index in [-0.39, 0.29) is 6.67 Å². The summed E-state index contributed by atoms with van der Waals surface area (Å²) >= 11 is 0. The third-order valence-electron chi connectivity index (χ3n) is 2.73. The lowest BCUT2D eigenvalue weighted by molar-refractivity contribution is 0.179. The van der Waals surface area contributed by atoms with E-state index >= 15 is 0 Å². The Morgan fingerprint density at radius 2 is 1.79 bits per heavy atom. The third kappa shape index (κ3) is 4.38. The molecule has 0 saturated carbocycles. The van der Waals surface area contributed by atoms with Gasteiger partial charge in [-0.15, -0.1) is 0 Å². The average Bonchev–Trinajstić information content (AvgIpc) is 2.11. The number of halogens is 1. The van der Waals surface area contributed by atoms with Gasteiger partial charge in [0.1, 0.15) is 0 Å². The van der Waals surface area contributed by atoms with E-state index in [0.29, 0.717) is 18.3 Å². The van der Waals surface area contributed by atoms with Crippen LogP contribution in [0.2, 0.25) is 0 Å². The Bertz CT molecular complexity index is 140. The molecule has 1 saturated heterocycles. The standard InChI is InChI=1S/C11H23FN2/c1-10-6-13-7-11(2)9-14(8-10)5-3-4-12/h10-11,13H,3-9H2,1-2H3. The van der Waals surface area contributed by atoms with E-state index in [1.54, 1.807) is 0 Å². The molecule has 1 heterocycles. The highest BCUT2D eigenvalue weighted by molar-refractivity contribution is 4.72. The highest BCUT2D eigenvalue weighted by Crippen LogP contribution is 2.08. The van der Waals surface area contributed by atoms with Gasteiger partial charge in [0.2, 0.25) is 0 Å². The van der Waals surface area contributed by atoms with Gasteiger partial charge in [-0.25, -0.2) is 0 Å². The number of nitrogens with one attached hydrogen (secondary N) is 1. The Kier molecular flexibility index (Phi) is 5.41. The molecule has 2 unspecified atom stereocenters. The highest BCUT2D eigenvalue weighted by Gasteiger charge is 2.16. The van der Waals surface area contributed by atoms with Crippen LogP contribution < -0.4 is 5.32 Å². The SMILES string of the molecule is CC1CNCC(C)CN(CCCF)C1. The fourth-order valence-electron chi connectivity index (χ4n) is 2.13. The second-order valence-corrected chi connectivity index (χ2v) is 4.67. The maximum atomic E-state index is 12.1. The van der Waals surface area contributed by atoms with Crippen LogP contribution in [0, 0.1) is 11.8 Å². The van der Waals surface area contributed by atoms with Crippen molar-refractivity contribution >= 4 is 0 Å². The Morgan fingerprint density at radius 1 is 1.21 bits per heavy atom. The first-order chi connectivity index (χ1) is 6.72. The van der Waals surface area contributed by atoms with Crippen molar-refractivity contribution in [2.24, 2.45) is 11.8 Å². The fraction of sp³-hybridized carbons (Fsp3) is 1.00. The molecule has 0 aromatic carbocycles.